The predicted octanol–water partition coefficient (Wildman–Crippen LogP) is 3.07. The fourth-order valence-corrected chi connectivity index (χ4v) is 3.31. The lowest BCUT2D eigenvalue weighted by Gasteiger charge is -2.15. The first-order valence-corrected chi connectivity index (χ1v) is 8.32. The molecule has 2 aromatic carbocycles. The van der Waals surface area contributed by atoms with Gasteiger partial charge in [0.2, 0.25) is 11.8 Å². The molecule has 0 saturated carbocycles. The number of rotatable bonds is 4. The van der Waals surface area contributed by atoms with Crippen LogP contribution in [0.4, 0.5) is 4.39 Å². The van der Waals surface area contributed by atoms with Crippen molar-refractivity contribution in [3.8, 4) is 11.1 Å². The Balaban J connectivity index is 1.75. The zero-order chi connectivity index (χ0) is 18.2. The molecule has 25 heavy (non-hydrogen) atoms. The molecule has 3 rings (SSSR count). The van der Waals surface area contributed by atoms with E-state index in [1.165, 1.54) is 12.1 Å². The summed E-state index contributed by atoms with van der Waals surface area (Å²) in [6.45, 7) is 1.57. The van der Waals surface area contributed by atoms with Gasteiger partial charge in [-0.05, 0) is 49.1 Å². The van der Waals surface area contributed by atoms with Crippen LogP contribution in [0.5, 0.6) is 0 Å². The van der Waals surface area contributed by atoms with E-state index in [1.807, 2.05) is 24.3 Å². The molecule has 0 radical (unpaired) electrons. The number of primary amides is 1. The van der Waals surface area contributed by atoms with E-state index in [4.69, 9.17) is 17.3 Å². The van der Waals surface area contributed by atoms with Crippen LogP contribution in [-0.2, 0) is 16.0 Å². The monoisotopic (exact) mass is 360 g/mol. The first-order chi connectivity index (χ1) is 11.8. The number of nitrogens with two attached hydrogens (primary N) is 1. The summed E-state index contributed by atoms with van der Waals surface area (Å²) in [4.78, 5) is 23.5. The molecule has 6 heteroatoms. The van der Waals surface area contributed by atoms with E-state index >= 15 is 0 Å². The maximum Gasteiger partial charge on any atom is 0.235 e. The van der Waals surface area contributed by atoms with Crippen molar-refractivity contribution in [3.63, 3.8) is 0 Å². The molecule has 2 amide bonds. The zero-order valence-electron chi connectivity index (χ0n) is 13.7. The molecule has 130 valence electrons. The van der Waals surface area contributed by atoms with Gasteiger partial charge in [0.25, 0.3) is 0 Å². The molecule has 1 aliphatic rings. The molecule has 3 N–H and O–H groups in total. The second kappa shape index (κ2) is 6.48. The van der Waals surface area contributed by atoms with Crippen molar-refractivity contribution in [3.05, 3.63) is 58.9 Å². The minimum atomic E-state index is -1.16. The molecule has 4 nitrogen and oxygen atoms in total. The number of halogens is 2. The first-order valence-electron chi connectivity index (χ1n) is 7.95. The number of carbonyl (C=O) groups excluding carboxylic acids is 2. The van der Waals surface area contributed by atoms with Crippen LogP contribution in [0.15, 0.2) is 42.5 Å². The van der Waals surface area contributed by atoms with E-state index in [-0.39, 0.29) is 17.8 Å². The summed E-state index contributed by atoms with van der Waals surface area (Å²) in [5.74, 6) is -1.28. The summed E-state index contributed by atoms with van der Waals surface area (Å²) in [7, 11) is 0. The van der Waals surface area contributed by atoms with Crippen LogP contribution < -0.4 is 11.1 Å². The van der Waals surface area contributed by atoms with Gasteiger partial charge < -0.3 is 11.1 Å². The Hall–Kier alpha value is -2.40. The van der Waals surface area contributed by atoms with Gasteiger partial charge in [-0.25, -0.2) is 4.39 Å². The Kier molecular flexibility index (Phi) is 4.52. The van der Waals surface area contributed by atoms with Crippen molar-refractivity contribution >= 4 is 23.4 Å². The van der Waals surface area contributed by atoms with Gasteiger partial charge in [-0.3, -0.25) is 9.59 Å². The minimum absolute atomic E-state index is 0.154. The van der Waals surface area contributed by atoms with Crippen molar-refractivity contribution in [1.82, 2.24) is 5.32 Å². The Morgan fingerprint density at radius 3 is 2.60 bits per heavy atom. The van der Waals surface area contributed by atoms with Crippen LogP contribution in [0, 0.1) is 11.2 Å². The fraction of sp³-hybridized carbons (Fsp3) is 0.263. The smallest absolute Gasteiger partial charge is 0.235 e. The van der Waals surface area contributed by atoms with Gasteiger partial charge in [-0.2, -0.15) is 0 Å². The molecule has 0 aromatic heterocycles. The second-order valence-corrected chi connectivity index (χ2v) is 7.03. The van der Waals surface area contributed by atoms with Crippen LogP contribution in [0.3, 0.4) is 0 Å². The standard InChI is InChI=1S/C19H18ClFN2O2/c1-19(17(22)24)10-14(23-18(19)25)8-11-2-4-12(5-3-11)15-9-13(20)6-7-16(15)21/h2-7,9,14H,8,10H2,1H3,(H2,22,24)(H,23,25)/t14-,19+/m1/s1. The lowest BCUT2D eigenvalue weighted by atomic mass is 9.85. The van der Waals surface area contributed by atoms with E-state index in [1.54, 1.807) is 13.0 Å². The number of carbonyl (C=O) groups is 2. The summed E-state index contributed by atoms with van der Waals surface area (Å²) in [5.41, 5.74) is 6.32. The molecule has 1 aliphatic heterocycles. The Labute approximate surface area is 150 Å². The number of hydrogen-bond acceptors (Lipinski definition) is 2. The summed E-state index contributed by atoms with van der Waals surface area (Å²) in [6, 6.07) is 11.7. The molecule has 1 fully saturated rings. The molecular formula is C19H18ClFN2O2. The lowest BCUT2D eigenvalue weighted by molar-refractivity contribution is -0.137. The summed E-state index contributed by atoms with van der Waals surface area (Å²) in [6.07, 6.45) is 0.943. The number of benzene rings is 2. The average Bonchev–Trinajstić information content (AvgIpc) is 2.86. The van der Waals surface area contributed by atoms with E-state index in [0.717, 1.165) is 11.1 Å². The van der Waals surface area contributed by atoms with E-state index in [2.05, 4.69) is 5.32 Å². The van der Waals surface area contributed by atoms with Crippen molar-refractivity contribution in [2.24, 2.45) is 11.1 Å². The third kappa shape index (κ3) is 3.37. The Bertz CT molecular complexity index is 838. The van der Waals surface area contributed by atoms with Crippen LogP contribution in [0.2, 0.25) is 5.02 Å². The zero-order valence-corrected chi connectivity index (χ0v) is 14.4. The van der Waals surface area contributed by atoms with Crippen LogP contribution >= 0.6 is 11.6 Å². The van der Waals surface area contributed by atoms with E-state index in [9.17, 15) is 14.0 Å². The number of nitrogens with one attached hydrogen (secondary N) is 1. The quantitative estimate of drug-likeness (QED) is 0.822. The van der Waals surface area contributed by atoms with Gasteiger partial charge in [-0.15, -0.1) is 0 Å². The first kappa shape index (κ1) is 17.4. The third-order valence-electron chi connectivity index (χ3n) is 4.71. The maximum absolute atomic E-state index is 13.9. The summed E-state index contributed by atoms with van der Waals surface area (Å²) >= 11 is 5.93. The van der Waals surface area contributed by atoms with Crippen LogP contribution in [0.1, 0.15) is 18.9 Å². The average molecular weight is 361 g/mol. The highest BCUT2D eigenvalue weighted by Crippen LogP contribution is 2.31. The predicted molar refractivity (Wildman–Crippen MR) is 94.4 cm³/mol. The Morgan fingerprint density at radius 1 is 1.32 bits per heavy atom. The largest absolute Gasteiger partial charge is 0.369 e. The van der Waals surface area contributed by atoms with Crippen LogP contribution in [-0.4, -0.2) is 17.9 Å². The molecule has 0 aliphatic carbocycles. The van der Waals surface area contributed by atoms with Crippen molar-refractivity contribution in [2.75, 3.05) is 0 Å². The highest BCUT2D eigenvalue weighted by atomic mass is 35.5. The van der Waals surface area contributed by atoms with Crippen molar-refractivity contribution < 1.29 is 14.0 Å². The van der Waals surface area contributed by atoms with Crippen molar-refractivity contribution in [2.45, 2.75) is 25.8 Å². The van der Waals surface area contributed by atoms with Gasteiger partial charge in [0.05, 0.1) is 0 Å². The second-order valence-electron chi connectivity index (χ2n) is 6.60. The van der Waals surface area contributed by atoms with Gasteiger partial charge in [-0.1, -0.05) is 35.9 Å². The molecular weight excluding hydrogens is 343 g/mol. The third-order valence-corrected chi connectivity index (χ3v) is 4.95. The van der Waals surface area contributed by atoms with Gasteiger partial charge in [0, 0.05) is 16.6 Å². The summed E-state index contributed by atoms with van der Waals surface area (Å²) < 4.78 is 13.9. The molecule has 2 aromatic rings. The minimum Gasteiger partial charge on any atom is -0.369 e. The molecule has 0 bridgehead atoms. The SMILES string of the molecule is C[C@@]1(C(N)=O)C[C@@H](Cc2ccc(-c3cc(Cl)ccc3F)cc2)NC1=O. The topological polar surface area (TPSA) is 72.2 Å². The van der Waals surface area contributed by atoms with E-state index < -0.39 is 11.3 Å². The van der Waals surface area contributed by atoms with Gasteiger partial charge in [0.1, 0.15) is 11.2 Å². The highest BCUT2D eigenvalue weighted by Gasteiger charge is 2.47. The normalized spacial score (nSPS) is 22.7. The van der Waals surface area contributed by atoms with Crippen molar-refractivity contribution in [1.29, 1.82) is 0 Å². The molecule has 0 unspecified atom stereocenters. The Morgan fingerprint density at radius 2 is 2.00 bits per heavy atom. The van der Waals surface area contributed by atoms with Gasteiger partial charge in [0.15, 0.2) is 0 Å². The molecule has 0 spiro atoms. The van der Waals surface area contributed by atoms with Gasteiger partial charge >= 0.3 is 0 Å². The maximum atomic E-state index is 13.9. The molecule has 1 heterocycles. The highest BCUT2D eigenvalue weighted by molar-refractivity contribution is 6.30. The lowest BCUT2D eigenvalue weighted by Crippen LogP contribution is -2.40. The molecule has 2 atom stereocenters. The summed E-state index contributed by atoms with van der Waals surface area (Å²) in [5, 5.41) is 3.29. The number of amides is 2. The van der Waals surface area contributed by atoms with E-state index in [0.29, 0.717) is 23.4 Å². The number of hydrogen-bond donors (Lipinski definition) is 2. The van der Waals surface area contributed by atoms with Crippen LogP contribution in [0.25, 0.3) is 11.1 Å². The fourth-order valence-electron chi connectivity index (χ4n) is 3.14. The molecule has 1 saturated heterocycles.